The second-order valence-corrected chi connectivity index (χ2v) is 4.18. The van der Waals surface area contributed by atoms with Crippen LogP contribution in [-0.2, 0) is 4.79 Å². The molecule has 0 bridgehead atoms. The smallest absolute Gasteiger partial charge is 0.177 e. The number of ketones is 1. The van der Waals surface area contributed by atoms with Crippen LogP contribution in [0.2, 0.25) is 0 Å². The molecule has 1 aliphatic rings. The van der Waals surface area contributed by atoms with Crippen LogP contribution in [0.15, 0.2) is 36.4 Å². The van der Waals surface area contributed by atoms with Crippen LogP contribution in [0.4, 0.5) is 0 Å². The second kappa shape index (κ2) is 3.34. The minimum Gasteiger partial charge on any atom is -0.485 e. The maximum absolute atomic E-state index is 11.7. The Bertz CT molecular complexity index is 572. The van der Waals surface area contributed by atoms with E-state index in [-0.39, 0.29) is 18.3 Å². The average Bonchev–Trinajstić information content (AvgIpc) is 2.33. The number of rotatable bonds is 0. The lowest BCUT2D eigenvalue weighted by Gasteiger charge is -2.23. The van der Waals surface area contributed by atoms with Gasteiger partial charge in [0.05, 0.1) is 0 Å². The van der Waals surface area contributed by atoms with Crippen molar-refractivity contribution in [3.8, 4) is 5.75 Å². The minimum absolute atomic E-state index is 0.0603. The highest BCUT2D eigenvalue weighted by Gasteiger charge is 2.26. The Morgan fingerprint density at radius 3 is 2.88 bits per heavy atom. The van der Waals surface area contributed by atoms with Gasteiger partial charge in [-0.3, -0.25) is 4.79 Å². The Hall–Kier alpha value is -1.83. The fraction of sp³-hybridized carbons (Fsp3) is 0.214. The molecule has 0 aliphatic carbocycles. The van der Waals surface area contributed by atoms with E-state index in [4.69, 9.17) is 4.74 Å². The summed E-state index contributed by atoms with van der Waals surface area (Å²) in [5.74, 6) is 0.949. The molecule has 0 aromatic heterocycles. The molecule has 0 saturated carbocycles. The van der Waals surface area contributed by atoms with E-state index in [0.717, 1.165) is 22.1 Å². The first-order valence-electron chi connectivity index (χ1n) is 5.44. The number of ether oxygens (including phenoxy) is 1. The Kier molecular flexibility index (Phi) is 1.96. The van der Waals surface area contributed by atoms with Crippen LogP contribution in [0.3, 0.4) is 0 Å². The van der Waals surface area contributed by atoms with Crippen LogP contribution in [0.5, 0.6) is 5.75 Å². The second-order valence-electron chi connectivity index (χ2n) is 4.18. The highest BCUT2D eigenvalue weighted by Crippen LogP contribution is 2.37. The van der Waals surface area contributed by atoms with E-state index < -0.39 is 0 Å². The summed E-state index contributed by atoms with van der Waals surface area (Å²) >= 11 is 0. The third-order valence-electron chi connectivity index (χ3n) is 3.22. The van der Waals surface area contributed by atoms with Gasteiger partial charge in [0.1, 0.15) is 12.4 Å². The third kappa shape index (κ3) is 1.23. The maximum atomic E-state index is 11.7. The van der Waals surface area contributed by atoms with E-state index in [1.165, 1.54) is 0 Å². The predicted molar refractivity (Wildman–Crippen MR) is 62.9 cm³/mol. The molecule has 80 valence electrons. The van der Waals surface area contributed by atoms with Gasteiger partial charge < -0.3 is 4.74 Å². The van der Waals surface area contributed by atoms with Crippen LogP contribution in [0, 0.1) is 0 Å². The molecule has 2 aromatic carbocycles. The zero-order valence-corrected chi connectivity index (χ0v) is 9.07. The van der Waals surface area contributed by atoms with Crippen molar-refractivity contribution in [2.24, 2.45) is 0 Å². The van der Waals surface area contributed by atoms with Crippen LogP contribution in [0.1, 0.15) is 18.4 Å². The molecule has 0 saturated heterocycles. The number of carbonyl (C=O) groups excluding carboxylic acids is 1. The lowest BCUT2D eigenvalue weighted by atomic mass is 9.89. The highest BCUT2D eigenvalue weighted by molar-refractivity contribution is 5.97. The summed E-state index contributed by atoms with van der Waals surface area (Å²) < 4.78 is 5.46. The molecule has 2 heteroatoms. The van der Waals surface area contributed by atoms with Crippen LogP contribution in [0.25, 0.3) is 10.8 Å². The fourth-order valence-corrected chi connectivity index (χ4v) is 2.28. The summed E-state index contributed by atoms with van der Waals surface area (Å²) in [5, 5.41) is 2.28. The first kappa shape index (κ1) is 9.40. The van der Waals surface area contributed by atoms with Gasteiger partial charge in [0.2, 0.25) is 0 Å². The molecule has 0 radical (unpaired) electrons. The number of benzene rings is 2. The minimum atomic E-state index is -0.0603. The van der Waals surface area contributed by atoms with Crippen molar-refractivity contribution in [2.45, 2.75) is 12.8 Å². The summed E-state index contributed by atoms with van der Waals surface area (Å²) in [7, 11) is 0. The third-order valence-corrected chi connectivity index (χ3v) is 3.22. The lowest BCUT2D eigenvalue weighted by molar-refractivity contribution is -0.123. The van der Waals surface area contributed by atoms with Crippen LogP contribution in [-0.4, -0.2) is 12.4 Å². The Morgan fingerprint density at radius 1 is 1.19 bits per heavy atom. The van der Waals surface area contributed by atoms with Crippen molar-refractivity contribution >= 4 is 16.6 Å². The van der Waals surface area contributed by atoms with E-state index in [1.54, 1.807) is 0 Å². The normalized spacial score (nSPS) is 19.3. The highest BCUT2D eigenvalue weighted by atomic mass is 16.5. The zero-order chi connectivity index (χ0) is 11.1. The molecule has 0 spiro atoms. The van der Waals surface area contributed by atoms with Crippen molar-refractivity contribution in [1.29, 1.82) is 0 Å². The number of Topliss-reactive ketones (excluding diaryl/α,β-unsaturated/α-hetero) is 1. The molecule has 0 amide bonds. The molecule has 2 aromatic rings. The lowest BCUT2D eigenvalue weighted by Crippen LogP contribution is -2.24. The predicted octanol–water partition coefficient (Wildman–Crippen LogP) is 2.90. The van der Waals surface area contributed by atoms with E-state index in [9.17, 15) is 4.79 Å². The van der Waals surface area contributed by atoms with Crippen molar-refractivity contribution in [3.63, 3.8) is 0 Å². The number of hydrogen-bond donors (Lipinski definition) is 0. The zero-order valence-electron chi connectivity index (χ0n) is 9.07. The molecule has 1 aliphatic heterocycles. The summed E-state index contributed by atoms with van der Waals surface area (Å²) in [5.41, 5.74) is 1.04. The molecular formula is C14H12O2. The van der Waals surface area contributed by atoms with Gasteiger partial charge in [-0.15, -0.1) is 0 Å². The monoisotopic (exact) mass is 212 g/mol. The van der Waals surface area contributed by atoms with Crippen molar-refractivity contribution in [3.05, 3.63) is 42.0 Å². The number of fused-ring (bicyclic) bond motifs is 3. The van der Waals surface area contributed by atoms with Crippen molar-refractivity contribution < 1.29 is 9.53 Å². The molecule has 3 rings (SSSR count). The molecule has 1 unspecified atom stereocenters. The molecule has 2 nitrogen and oxygen atoms in total. The van der Waals surface area contributed by atoms with Crippen LogP contribution >= 0.6 is 0 Å². The van der Waals surface area contributed by atoms with Crippen LogP contribution < -0.4 is 4.74 Å². The SMILES string of the molecule is CC1C(=O)COc2ccc3ccccc3c21. The van der Waals surface area contributed by atoms with E-state index in [2.05, 4.69) is 6.07 Å². The van der Waals surface area contributed by atoms with Gasteiger partial charge in [-0.25, -0.2) is 0 Å². The van der Waals surface area contributed by atoms with E-state index in [0.29, 0.717) is 0 Å². The first-order chi connectivity index (χ1) is 7.77. The van der Waals surface area contributed by atoms with E-state index >= 15 is 0 Å². The summed E-state index contributed by atoms with van der Waals surface area (Å²) in [6, 6.07) is 12.1. The van der Waals surface area contributed by atoms with Gasteiger partial charge in [0.15, 0.2) is 5.78 Å². The Balaban J connectivity index is 2.36. The van der Waals surface area contributed by atoms with Crippen molar-refractivity contribution in [1.82, 2.24) is 0 Å². The molecule has 16 heavy (non-hydrogen) atoms. The summed E-state index contributed by atoms with van der Waals surface area (Å²) in [6.07, 6.45) is 0. The van der Waals surface area contributed by atoms with Gasteiger partial charge in [0.25, 0.3) is 0 Å². The van der Waals surface area contributed by atoms with Gasteiger partial charge in [0, 0.05) is 11.5 Å². The quantitative estimate of drug-likeness (QED) is 0.671. The molecule has 1 atom stereocenters. The topological polar surface area (TPSA) is 26.3 Å². The number of hydrogen-bond acceptors (Lipinski definition) is 2. The van der Waals surface area contributed by atoms with Gasteiger partial charge in [-0.2, -0.15) is 0 Å². The largest absolute Gasteiger partial charge is 0.485 e. The molecular weight excluding hydrogens is 200 g/mol. The molecule has 0 N–H and O–H groups in total. The summed E-state index contributed by atoms with van der Waals surface area (Å²) in [6.45, 7) is 2.16. The van der Waals surface area contributed by atoms with Crippen molar-refractivity contribution in [2.75, 3.05) is 6.61 Å². The van der Waals surface area contributed by atoms with Gasteiger partial charge >= 0.3 is 0 Å². The average molecular weight is 212 g/mol. The van der Waals surface area contributed by atoms with Gasteiger partial charge in [-0.05, 0) is 16.8 Å². The Labute approximate surface area is 93.8 Å². The van der Waals surface area contributed by atoms with E-state index in [1.807, 2.05) is 37.3 Å². The first-order valence-corrected chi connectivity index (χ1v) is 5.44. The van der Waals surface area contributed by atoms with Gasteiger partial charge in [-0.1, -0.05) is 37.3 Å². The summed E-state index contributed by atoms with van der Waals surface area (Å²) in [4.78, 5) is 11.7. The fourth-order valence-electron chi connectivity index (χ4n) is 2.28. The Morgan fingerprint density at radius 2 is 2.00 bits per heavy atom. The molecule has 1 heterocycles. The molecule has 0 fully saturated rings. The maximum Gasteiger partial charge on any atom is 0.177 e. The standard InChI is InChI=1S/C14H12O2/c1-9-12(15)8-16-13-7-6-10-4-2-3-5-11(10)14(9)13/h2-7,9H,8H2,1H3. The number of carbonyl (C=O) groups is 1.